The monoisotopic (exact) mass is 333 g/mol. The Hall–Kier alpha value is -2.73. The largest absolute Gasteiger partial charge is 0.495 e. The molecule has 0 aliphatic heterocycles. The molecule has 0 fully saturated rings. The smallest absolute Gasteiger partial charge is 0.323 e. The highest BCUT2D eigenvalue weighted by Gasteiger charge is 2.11. The van der Waals surface area contributed by atoms with Gasteiger partial charge >= 0.3 is 6.03 Å². The van der Waals surface area contributed by atoms with E-state index in [1.807, 2.05) is 0 Å². The summed E-state index contributed by atoms with van der Waals surface area (Å²) in [5.41, 5.74) is 1.45. The number of benzene rings is 2. The average molecular weight is 334 g/mol. The van der Waals surface area contributed by atoms with Gasteiger partial charge in [-0.1, -0.05) is 17.7 Å². The zero-order chi connectivity index (χ0) is 16.8. The van der Waals surface area contributed by atoms with Crippen molar-refractivity contribution in [1.82, 2.24) is 5.32 Å². The highest BCUT2D eigenvalue weighted by molar-refractivity contribution is 6.30. The molecular weight excluding hydrogens is 318 g/mol. The Morgan fingerprint density at radius 2 is 1.87 bits per heavy atom. The van der Waals surface area contributed by atoms with Crippen molar-refractivity contribution in [2.24, 2.45) is 0 Å². The predicted octanol–water partition coefficient (Wildman–Crippen LogP) is 3.35. The molecule has 0 bridgehead atoms. The third-order valence-corrected chi connectivity index (χ3v) is 3.26. The van der Waals surface area contributed by atoms with Crippen LogP contribution in [0.1, 0.15) is 10.4 Å². The molecule has 2 aromatic rings. The van der Waals surface area contributed by atoms with Gasteiger partial charge < -0.3 is 20.7 Å². The minimum Gasteiger partial charge on any atom is -0.495 e. The number of carbonyl (C=O) groups excluding carboxylic acids is 2. The molecule has 7 heteroatoms. The molecule has 0 aliphatic carbocycles. The number of ether oxygens (including phenoxy) is 1. The molecular formula is C16H16ClN3O3. The molecule has 0 aromatic heterocycles. The number of rotatable bonds is 4. The maximum Gasteiger partial charge on any atom is 0.323 e. The maximum absolute atomic E-state index is 12.0. The third-order valence-electron chi connectivity index (χ3n) is 3.02. The van der Waals surface area contributed by atoms with Gasteiger partial charge in [0.25, 0.3) is 5.91 Å². The number of methoxy groups -OCH3 is 1. The topological polar surface area (TPSA) is 79.5 Å². The summed E-state index contributed by atoms with van der Waals surface area (Å²) in [6.45, 7) is 0. The van der Waals surface area contributed by atoms with Crippen molar-refractivity contribution in [2.75, 3.05) is 24.8 Å². The Morgan fingerprint density at radius 3 is 2.52 bits per heavy atom. The van der Waals surface area contributed by atoms with E-state index in [1.165, 1.54) is 7.11 Å². The zero-order valence-corrected chi connectivity index (χ0v) is 13.4. The van der Waals surface area contributed by atoms with Crippen molar-refractivity contribution in [3.8, 4) is 5.75 Å². The van der Waals surface area contributed by atoms with Gasteiger partial charge in [0, 0.05) is 23.3 Å². The summed E-state index contributed by atoms with van der Waals surface area (Å²) in [4.78, 5) is 23.6. The van der Waals surface area contributed by atoms with Crippen molar-refractivity contribution in [3.05, 3.63) is 53.1 Å². The molecule has 0 saturated carbocycles. The molecule has 23 heavy (non-hydrogen) atoms. The number of carbonyl (C=O) groups is 2. The van der Waals surface area contributed by atoms with Crippen molar-refractivity contribution >= 4 is 34.9 Å². The zero-order valence-electron chi connectivity index (χ0n) is 12.6. The first-order valence-corrected chi connectivity index (χ1v) is 7.15. The molecule has 0 radical (unpaired) electrons. The summed E-state index contributed by atoms with van der Waals surface area (Å²) in [5.74, 6) is 0.144. The van der Waals surface area contributed by atoms with E-state index in [1.54, 1.807) is 49.5 Å². The van der Waals surface area contributed by atoms with Crippen LogP contribution in [0.3, 0.4) is 0 Å². The lowest BCUT2D eigenvalue weighted by molar-refractivity contribution is 0.0963. The Morgan fingerprint density at radius 1 is 1.09 bits per heavy atom. The second-order valence-electron chi connectivity index (χ2n) is 4.58. The lowest BCUT2D eigenvalue weighted by atomic mass is 10.1. The molecule has 0 spiro atoms. The molecule has 2 rings (SSSR count). The van der Waals surface area contributed by atoms with Gasteiger partial charge in [-0.3, -0.25) is 4.79 Å². The van der Waals surface area contributed by atoms with Crippen LogP contribution in [0.5, 0.6) is 5.75 Å². The van der Waals surface area contributed by atoms with Crippen molar-refractivity contribution in [1.29, 1.82) is 0 Å². The van der Waals surface area contributed by atoms with Crippen LogP contribution >= 0.6 is 11.6 Å². The van der Waals surface area contributed by atoms with Gasteiger partial charge in [-0.15, -0.1) is 0 Å². The van der Waals surface area contributed by atoms with Crippen LogP contribution in [0, 0.1) is 0 Å². The van der Waals surface area contributed by atoms with Crippen LogP contribution in [0.2, 0.25) is 5.02 Å². The minimum absolute atomic E-state index is 0.238. The van der Waals surface area contributed by atoms with Crippen LogP contribution in [-0.2, 0) is 0 Å². The van der Waals surface area contributed by atoms with E-state index in [9.17, 15) is 9.59 Å². The number of halogens is 1. The van der Waals surface area contributed by atoms with Crippen LogP contribution in [0.4, 0.5) is 16.2 Å². The Bertz CT molecular complexity index is 734. The molecule has 3 amide bonds. The van der Waals surface area contributed by atoms with Crippen molar-refractivity contribution in [3.63, 3.8) is 0 Å². The standard InChI is InChI=1S/C16H16ClN3O3/c1-18-15(21)10-6-7-13(14(8-10)23-2)20-16(22)19-12-5-3-4-11(17)9-12/h3-9H,1-2H3,(H,18,21)(H2,19,20,22). The van der Waals surface area contributed by atoms with E-state index in [-0.39, 0.29) is 5.91 Å². The van der Waals surface area contributed by atoms with Crippen LogP contribution < -0.4 is 20.7 Å². The second-order valence-corrected chi connectivity index (χ2v) is 5.02. The Labute approximate surface area is 138 Å². The van der Waals surface area contributed by atoms with Gasteiger partial charge in [0.05, 0.1) is 12.8 Å². The summed E-state index contributed by atoms with van der Waals surface area (Å²) in [6.07, 6.45) is 0. The fourth-order valence-corrected chi connectivity index (χ4v) is 2.12. The third kappa shape index (κ3) is 4.37. The first-order chi connectivity index (χ1) is 11.0. The number of anilines is 2. The van der Waals surface area contributed by atoms with E-state index < -0.39 is 6.03 Å². The first kappa shape index (κ1) is 16.6. The lowest BCUT2D eigenvalue weighted by Crippen LogP contribution is -2.21. The van der Waals surface area contributed by atoms with Gasteiger partial charge in [0.1, 0.15) is 5.75 Å². The van der Waals surface area contributed by atoms with Crippen LogP contribution in [-0.4, -0.2) is 26.1 Å². The number of nitrogens with one attached hydrogen (secondary N) is 3. The number of hydrogen-bond donors (Lipinski definition) is 3. The average Bonchev–Trinajstić information content (AvgIpc) is 2.54. The summed E-state index contributed by atoms with van der Waals surface area (Å²) in [6, 6.07) is 11.1. The predicted molar refractivity (Wildman–Crippen MR) is 90.5 cm³/mol. The van der Waals surface area contributed by atoms with Crippen LogP contribution in [0.25, 0.3) is 0 Å². The van der Waals surface area contributed by atoms with E-state index >= 15 is 0 Å². The fourth-order valence-electron chi connectivity index (χ4n) is 1.93. The van der Waals surface area contributed by atoms with E-state index in [0.717, 1.165) is 0 Å². The van der Waals surface area contributed by atoms with E-state index in [4.69, 9.17) is 16.3 Å². The quantitative estimate of drug-likeness (QED) is 0.802. The highest BCUT2D eigenvalue weighted by Crippen LogP contribution is 2.26. The van der Waals surface area contributed by atoms with Gasteiger partial charge in [0.15, 0.2) is 0 Å². The summed E-state index contributed by atoms with van der Waals surface area (Å²) >= 11 is 5.87. The Balaban J connectivity index is 2.12. The summed E-state index contributed by atoms with van der Waals surface area (Å²) in [7, 11) is 3.00. The summed E-state index contributed by atoms with van der Waals surface area (Å²) in [5, 5.41) is 8.37. The van der Waals surface area contributed by atoms with Crippen molar-refractivity contribution < 1.29 is 14.3 Å². The molecule has 0 saturated heterocycles. The lowest BCUT2D eigenvalue weighted by Gasteiger charge is -2.12. The fraction of sp³-hybridized carbons (Fsp3) is 0.125. The van der Waals surface area contributed by atoms with Gasteiger partial charge in [-0.05, 0) is 36.4 Å². The highest BCUT2D eigenvalue weighted by atomic mass is 35.5. The molecule has 0 aliphatic rings. The molecule has 3 N–H and O–H groups in total. The molecule has 2 aromatic carbocycles. The number of urea groups is 1. The summed E-state index contributed by atoms with van der Waals surface area (Å²) < 4.78 is 5.21. The normalized spacial score (nSPS) is 9.87. The SMILES string of the molecule is CNC(=O)c1ccc(NC(=O)Nc2cccc(Cl)c2)c(OC)c1. The molecule has 0 heterocycles. The Kier molecular flexibility index (Phi) is 5.43. The molecule has 120 valence electrons. The molecule has 0 atom stereocenters. The van der Waals surface area contributed by atoms with Gasteiger partial charge in [0.2, 0.25) is 0 Å². The van der Waals surface area contributed by atoms with Crippen molar-refractivity contribution in [2.45, 2.75) is 0 Å². The minimum atomic E-state index is -0.446. The van der Waals surface area contributed by atoms with E-state index in [0.29, 0.717) is 27.7 Å². The molecule has 0 unspecified atom stereocenters. The maximum atomic E-state index is 12.0. The number of amides is 3. The second kappa shape index (κ2) is 7.51. The van der Waals surface area contributed by atoms with Gasteiger partial charge in [-0.25, -0.2) is 4.79 Å². The van der Waals surface area contributed by atoms with Gasteiger partial charge in [-0.2, -0.15) is 0 Å². The van der Waals surface area contributed by atoms with Crippen LogP contribution in [0.15, 0.2) is 42.5 Å². The number of hydrogen-bond acceptors (Lipinski definition) is 3. The first-order valence-electron chi connectivity index (χ1n) is 6.77. The van der Waals surface area contributed by atoms with E-state index in [2.05, 4.69) is 16.0 Å². The molecule has 6 nitrogen and oxygen atoms in total.